The zero-order valence-corrected chi connectivity index (χ0v) is 13.7. The van der Waals surface area contributed by atoms with Crippen LogP contribution in [0, 0.1) is 11.8 Å². The molecule has 118 valence electrons. The van der Waals surface area contributed by atoms with Gasteiger partial charge in [0.25, 0.3) is 0 Å². The molecule has 0 aliphatic heterocycles. The lowest BCUT2D eigenvalue weighted by Gasteiger charge is -2.23. The third kappa shape index (κ3) is 3.40. The van der Waals surface area contributed by atoms with Gasteiger partial charge >= 0.3 is 0 Å². The van der Waals surface area contributed by atoms with Crippen LogP contribution in [0.4, 0.5) is 0 Å². The fourth-order valence-electron chi connectivity index (χ4n) is 2.66. The Morgan fingerprint density at radius 1 is 0.750 bits per heavy atom. The van der Waals surface area contributed by atoms with Crippen molar-refractivity contribution in [2.24, 2.45) is 0 Å². The van der Waals surface area contributed by atoms with Crippen LogP contribution in [-0.2, 0) is 12.0 Å². The van der Waals surface area contributed by atoms with Gasteiger partial charge in [-0.15, -0.1) is 0 Å². The first-order valence-electron chi connectivity index (χ1n) is 8.18. The van der Waals surface area contributed by atoms with Crippen molar-refractivity contribution < 1.29 is 5.11 Å². The van der Waals surface area contributed by atoms with Crippen LogP contribution in [0.2, 0.25) is 0 Å². The number of aryl methyl sites for hydroxylation is 1. The molecular weight excluding hydrogens is 292 g/mol. The minimum absolute atomic E-state index is 0.772. The van der Waals surface area contributed by atoms with Crippen molar-refractivity contribution in [1.82, 2.24) is 0 Å². The van der Waals surface area contributed by atoms with Gasteiger partial charge in [-0.3, -0.25) is 0 Å². The van der Waals surface area contributed by atoms with Gasteiger partial charge in [-0.05, 0) is 24.1 Å². The highest BCUT2D eigenvalue weighted by Crippen LogP contribution is 2.28. The van der Waals surface area contributed by atoms with E-state index in [0.717, 1.165) is 23.1 Å². The Bertz CT molecular complexity index is 798. The van der Waals surface area contributed by atoms with Gasteiger partial charge in [-0.2, -0.15) is 0 Å². The SMILES string of the molecule is CCc1ccc(C#CC(O)(c2ccccc2)c2ccccc2)cc1. The summed E-state index contributed by atoms with van der Waals surface area (Å²) in [7, 11) is 0. The molecule has 0 aliphatic rings. The summed E-state index contributed by atoms with van der Waals surface area (Å²) in [4.78, 5) is 0. The molecule has 0 unspecified atom stereocenters. The second kappa shape index (κ2) is 7.17. The van der Waals surface area contributed by atoms with Gasteiger partial charge in [0.2, 0.25) is 0 Å². The number of rotatable bonds is 3. The predicted molar refractivity (Wildman–Crippen MR) is 98.6 cm³/mol. The average molecular weight is 312 g/mol. The van der Waals surface area contributed by atoms with Crippen molar-refractivity contribution in [1.29, 1.82) is 0 Å². The second-order valence-corrected chi connectivity index (χ2v) is 5.74. The topological polar surface area (TPSA) is 20.2 Å². The molecule has 0 radical (unpaired) electrons. The predicted octanol–water partition coefficient (Wildman–Crippen LogP) is 4.54. The van der Waals surface area contributed by atoms with Crippen LogP contribution < -0.4 is 0 Å². The summed E-state index contributed by atoms with van der Waals surface area (Å²) in [6.07, 6.45) is 1.01. The molecule has 0 heterocycles. The van der Waals surface area contributed by atoms with E-state index in [4.69, 9.17) is 0 Å². The van der Waals surface area contributed by atoms with Crippen molar-refractivity contribution in [3.8, 4) is 11.8 Å². The molecule has 0 spiro atoms. The van der Waals surface area contributed by atoms with Crippen LogP contribution in [0.5, 0.6) is 0 Å². The van der Waals surface area contributed by atoms with Crippen LogP contribution in [0.1, 0.15) is 29.2 Å². The maximum Gasteiger partial charge on any atom is 0.177 e. The highest BCUT2D eigenvalue weighted by atomic mass is 16.3. The first-order valence-corrected chi connectivity index (χ1v) is 8.18. The van der Waals surface area contributed by atoms with Gasteiger partial charge in [0.15, 0.2) is 5.60 Å². The fraction of sp³-hybridized carbons (Fsp3) is 0.130. The first-order chi connectivity index (χ1) is 11.7. The van der Waals surface area contributed by atoms with Crippen molar-refractivity contribution in [3.05, 3.63) is 107 Å². The number of hydrogen-bond acceptors (Lipinski definition) is 1. The monoisotopic (exact) mass is 312 g/mol. The minimum Gasteiger partial charge on any atom is -0.369 e. The third-order valence-corrected chi connectivity index (χ3v) is 4.13. The Morgan fingerprint density at radius 3 is 1.71 bits per heavy atom. The number of hydrogen-bond donors (Lipinski definition) is 1. The van der Waals surface area contributed by atoms with Crippen LogP contribution in [0.15, 0.2) is 84.9 Å². The van der Waals surface area contributed by atoms with Gasteiger partial charge in [-0.1, -0.05) is 91.6 Å². The van der Waals surface area contributed by atoms with Gasteiger partial charge in [-0.25, -0.2) is 0 Å². The number of benzene rings is 3. The van der Waals surface area contributed by atoms with E-state index in [1.807, 2.05) is 72.8 Å². The van der Waals surface area contributed by atoms with Gasteiger partial charge in [0, 0.05) is 16.7 Å². The summed E-state index contributed by atoms with van der Waals surface area (Å²) in [6.45, 7) is 2.13. The molecule has 0 aliphatic carbocycles. The molecule has 1 heteroatoms. The molecular formula is C23H20O. The lowest BCUT2D eigenvalue weighted by molar-refractivity contribution is 0.145. The summed E-state index contributed by atoms with van der Waals surface area (Å²) in [5.74, 6) is 6.22. The van der Waals surface area contributed by atoms with Crippen LogP contribution in [0.25, 0.3) is 0 Å². The third-order valence-electron chi connectivity index (χ3n) is 4.13. The molecule has 1 nitrogen and oxygen atoms in total. The molecule has 3 aromatic rings. The molecule has 0 aromatic heterocycles. The van der Waals surface area contributed by atoms with Crippen LogP contribution >= 0.6 is 0 Å². The van der Waals surface area contributed by atoms with Crippen molar-refractivity contribution in [3.63, 3.8) is 0 Å². The van der Waals surface area contributed by atoms with Crippen molar-refractivity contribution in [2.75, 3.05) is 0 Å². The molecule has 0 saturated carbocycles. The molecule has 0 bridgehead atoms. The molecule has 0 amide bonds. The van der Waals surface area contributed by atoms with E-state index in [1.165, 1.54) is 5.56 Å². The molecule has 3 rings (SSSR count). The Labute approximate surface area is 143 Å². The van der Waals surface area contributed by atoms with Crippen LogP contribution in [-0.4, -0.2) is 5.11 Å². The molecule has 1 N–H and O–H groups in total. The molecule has 3 aromatic carbocycles. The van der Waals surface area contributed by atoms with E-state index >= 15 is 0 Å². The Morgan fingerprint density at radius 2 is 1.25 bits per heavy atom. The zero-order valence-electron chi connectivity index (χ0n) is 13.7. The minimum atomic E-state index is -1.33. The lowest BCUT2D eigenvalue weighted by atomic mass is 9.86. The van der Waals surface area contributed by atoms with Crippen LogP contribution in [0.3, 0.4) is 0 Å². The molecule has 24 heavy (non-hydrogen) atoms. The largest absolute Gasteiger partial charge is 0.369 e. The molecule has 0 fully saturated rings. The summed E-state index contributed by atoms with van der Waals surface area (Å²) < 4.78 is 0. The van der Waals surface area contributed by atoms with E-state index in [0.29, 0.717) is 0 Å². The zero-order chi connectivity index (χ0) is 16.8. The second-order valence-electron chi connectivity index (χ2n) is 5.74. The van der Waals surface area contributed by atoms with E-state index in [1.54, 1.807) is 0 Å². The van der Waals surface area contributed by atoms with E-state index in [-0.39, 0.29) is 0 Å². The normalized spacial score (nSPS) is 10.8. The maximum absolute atomic E-state index is 11.3. The summed E-state index contributed by atoms with van der Waals surface area (Å²) in [6, 6.07) is 27.3. The first kappa shape index (κ1) is 16.1. The van der Waals surface area contributed by atoms with Gasteiger partial charge in [0.1, 0.15) is 0 Å². The lowest BCUT2D eigenvalue weighted by Crippen LogP contribution is -2.25. The summed E-state index contributed by atoms with van der Waals surface area (Å²) >= 11 is 0. The summed E-state index contributed by atoms with van der Waals surface area (Å²) in [5.41, 5.74) is 2.40. The fourth-order valence-corrected chi connectivity index (χ4v) is 2.66. The Balaban J connectivity index is 2.05. The average Bonchev–Trinajstić information content (AvgIpc) is 2.68. The van der Waals surface area contributed by atoms with Crippen molar-refractivity contribution >= 4 is 0 Å². The van der Waals surface area contributed by atoms with Gasteiger partial charge in [0.05, 0.1) is 0 Å². The Hall–Kier alpha value is -2.82. The summed E-state index contributed by atoms with van der Waals surface area (Å²) in [5, 5.41) is 11.3. The van der Waals surface area contributed by atoms with Crippen molar-refractivity contribution in [2.45, 2.75) is 18.9 Å². The number of aliphatic hydroxyl groups is 1. The standard InChI is InChI=1S/C23H20O/c1-2-19-13-15-20(16-14-19)17-18-23(24,21-9-5-3-6-10-21)22-11-7-4-8-12-22/h3-16,24H,2H2,1H3. The smallest absolute Gasteiger partial charge is 0.177 e. The van der Waals surface area contributed by atoms with Gasteiger partial charge < -0.3 is 5.11 Å². The van der Waals surface area contributed by atoms with E-state index in [9.17, 15) is 5.11 Å². The Kier molecular flexibility index (Phi) is 4.79. The molecule has 0 saturated heterocycles. The van der Waals surface area contributed by atoms with E-state index < -0.39 is 5.60 Å². The maximum atomic E-state index is 11.3. The molecule has 0 atom stereocenters. The highest BCUT2D eigenvalue weighted by Gasteiger charge is 2.28. The quantitative estimate of drug-likeness (QED) is 0.704. The highest BCUT2D eigenvalue weighted by molar-refractivity contribution is 5.47. The van der Waals surface area contributed by atoms with E-state index in [2.05, 4.69) is 30.9 Å².